The maximum Gasteiger partial charge on any atom is 0.305 e. The van der Waals surface area contributed by atoms with Crippen LogP contribution in [0.15, 0.2) is 24.3 Å². The number of carbonyl (C=O) groups excluding carboxylic acids is 2. The molecule has 0 aliphatic heterocycles. The molecular formula is C64H123NO5. The SMILES string of the molecule is CCCCCCCC/C=C\CCCCCCCCCCCC(=O)OCCCCCCCCCCCCCC/C=C\CCCCCCCCCC(=O)NC(CO)C(O)CCCCCCCCCCCCC. The number of esters is 1. The zero-order valence-corrected chi connectivity index (χ0v) is 47.3. The van der Waals surface area contributed by atoms with Gasteiger partial charge in [0.05, 0.1) is 25.4 Å². The molecule has 0 aliphatic rings. The molecule has 0 aromatic rings. The Morgan fingerprint density at radius 1 is 0.386 bits per heavy atom. The number of amides is 1. The van der Waals surface area contributed by atoms with Crippen molar-refractivity contribution in [3.63, 3.8) is 0 Å². The van der Waals surface area contributed by atoms with Gasteiger partial charge in [-0.15, -0.1) is 0 Å². The van der Waals surface area contributed by atoms with Gasteiger partial charge in [-0.25, -0.2) is 0 Å². The van der Waals surface area contributed by atoms with Gasteiger partial charge < -0.3 is 20.3 Å². The second-order valence-corrected chi connectivity index (χ2v) is 21.7. The van der Waals surface area contributed by atoms with E-state index in [1.54, 1.807) is 0 Å². The van der Waals surface area contributed by atoms with Crippen molar-refractivity contribution in [2.24, 2.45) is 0 Å². The summed E-state index contributed by atoms with van der Waals surface area (Å²) in [5, 5.41) is 23.2. The Bertz CT molecular complexity index is 1090. The molecule has 2 atom stereocenters. The normalized spacial score (nSPS) is 12.7. The van der Waals surface area contributed by atoms with Crippen molar-refractivity contribution < 1.29 is 24.5 Å². The number of unbranched alkanes of at least 4 members (excludes halogenated alkanes) is 44. The van der Waals surface area contributed by atoms with E-state index in [0.29, 0.717) is 25.9 Å². The van der Waals surface area contributed by atoms with E-state index < -0.39 is 12.1 Å². The number of carbonyl (C=O) groups is 2. The van der Waals surface area contributed by atoms with Crippen molar-refractivity contribution in [2.75, 3.05) is 13.2 Å². The lowest BCUT2D eigenvalue weighted by molar-refractivity contribution is -0.143. The molecule has 414 valence electrons. The molecule has 70 heavy (non-hydrogen) atoms. The maximum absolute atomic E-state index is 12.4. The van der Waals surface area contributed by atoms with Gasteiger partial charge in [-0.3, -0.25) is 9.59 Å². The number of aliphatic hydroxyl groups is 2. The molecule has 0 bridgehead atoms. The van der Waals surface area contributed by atoms with E-state index in [0.717, 1.165) is 44.9 Å². The van der Waals surface area contributed by atoms with E-state index in [-0.39, 0.29) is 18.5 Å². The Labute approximate surface area is 437 Å². The minimum Gasteiger partial charge on any atom is -0.466 e. The number of rotatable bonds is 59. The van der Waals surface area contributed by atoms with Crippen molar-refractivity contribution in [2.45, 2.75) is 360 Å². The van der Waals surface area contributed by atoms with E-state index in [9.17, 15) is 19.8 Å². The van der Waals surface area contributed by atoms with Gasteiger partial charge in [-0.2, -0.15) is 0 Å². The Balaban J connectivity index is 3.37. The van der Waals surface area contributed by atoms with Gasteiger partial charge in [0.15, 0.2) is 0 Å². The van der Waals surface area contributed by atoms with Crippen LogP contribution in [0.4, 0.5) is 0 Å². The highest BCUT2D eigenvalue weighted by molar-refractivity contribution is 5.76. The summed E-state index contributed by atoms with van der Waals surface area (Å²) in [6.07, 6.45) is 73.4. The lowest BCUT2D eigenvalue weighted by Crippen LogP contribution is -2.45. The van der Waals surface area contributed by atoms with Crippen LogP contribution in [0.2, 0.25) is 0 Å². The summed E-state index contributed by atoms with van der Waals surface area (Å²) in [5.74, 6) is -0.0299. The van der Waals surface area contributed by atoms with E-state index >= 15 is 0 Å². The number of hydrogen-bond acceptors (Lipinski definition) is 5. The summed E-state index contributed by atoms with van der Waals surface area (Å²) in [4.78, 5) is 24.5. The first kappa shape index (κ1) is 68.3. The smallest absolute Gasteiger partial charge is 0.305 e. The number of allylic oxidation sites excluding steroid dienone is 4. The molecule has 1 amide bonds. The number of aliphatic hydroxyl groups excluding tert-OH is 2. The van der Waals surface area contributed by atoms with Crippen molar-refractivity contribution in [1.29, 1.82) is 0 Å². The van der Waals surface area contributed by atoms with Crippen molar-refractivity contribution in [1.82, 2.24) is 5.32 Å². The highest BCUT2D eigenvalue weighted by Crippen LogP contribution is 2.17. The summed E-state index contributed by atoms with van der Waals surface area (Å²) in [6, 6.07) is -0.544. The minimum atomic E-state index is -0.666. The Hall–Kier alpha value is -1.66. The molecule has 0 aromatic heterocycles. The Morgan fingerprint density at radius 3 is 1.01 bits per heavy atom. The quantitative estimate of drug-likeness (QED) is 0.0321. The molecule has 3 N–H and O–H groups in total. The number of ether oxygens (including phenoxy) is 1. The predicted molar refractivity (Wildman–Crippen MR) is 306 cm³/mol. The average Bonchev–Trinajstić information content (AvgIpc) is 3.36. The third-order valence-corrected chi connectivity index (χ3v) is 14.7. The fraction of sp³-hybridized carbons (Fsp3) is 0.906. The van der Waals surface area contributed by atoms with Crippen LogP contribution < -0.4 is 5.32 Å². The van der Waals surface area contributed by atoms with Crippen LogP contribution in [0.25, 0.3) is 0 Å². The number of nitrogens with one attached hydrogen (secondary N) is 1. The summed E-state index contributed by atoms with van der Waals surface area (Å²) in [7, 11) is 0. The molecule has 0 spiro atoms. The van der Waals surface area contributed by atoms with Crippen LogP contribution in [0.3, 0.4) is 0 Å². The second-order valence-electron chi connectivity index (χ2n) is 21.7. The average molecular weight is 987 g/mol. The van der Waals surface area contributed by atoms with Crippen molar-refractivity contribution in [3.8, 4) is 0 Å². The van der Waals surface area contributed by atoms with Crippen LogP contribution in [-0.2, 0) is 14.3 Å². The van der Waals surface area contributed by atoms with Gasteiger partial charge in [-0.05, 0) is 77.0 Å². The third-order valence-electron chi connectivity index (χ3n) is 14.7. The van der Waals surface area contributed by atoms with E-state index in [4.69, 9.17) is 4.74 Å². The van der Waals surface area contributed by atoms with E-state index in [1.807, 2.05) is 0 Å². The predicted octanol–water partition coefficient (Wildman–Crippen LogP) is 19.8. The zero-order chi connectivity index (χ0) is 50.7. The first-order valence-electron chi connectivity index (χ1n) is 31.6. The first-order chi connectivity index (χ1) is 34.5. The topological polar surface area (TPSA) is 95.9 Å². The first-order valence-corrected chi connectivity index (χ1v) is 31.6. The minimum absolute atomic E-state index is 0.0114. The van der Waals surface area contributed by atoms with Gasteiger partial charge in [-0.1, -0.05) is 282 Å². The molecule has 0 rings (SSSR count). The molecule has 6 nitrogen and oxygen atoms in total. The molecule has 0 saturated heterocycles. The monoisotopic (exact) mass is 986 g/mol. The van der Waals surface area contributed by atoms with Gasteiger partial charge in [0, 0.05) is 12.8 Å². The maximum atomic E-state index is 12.4. The zero-order valence-electron chi connectivity index (χ0n) is 47.3. The van der Waals surface area contributed by atoms with Crippen LogP contribution in [0.1, 0.15) is 348 Å². The fourth-order valence-electron chi connectivity index (χ4n) is 9.87. The summed E-state index contributed by atoms with van der Waals surface area (Å²) < 4.78 is 5.50. The van der Waals surface area contributed by atoms with Crippen LogP contribution in [0, 0.1) is 0 Å². The second kappa shape index (κ2) is 59.9. The molecular weight excluding hydrogens is 863 g/mol. The molecule has 0 aliphatic carbocycles. The van der Waals surface area contributed by atoms with Crippen LogP contribution in [-0.4, -0.2) is 47.4 Å². The molecule has 0 saturated carbocycles. The van der Waals surface area contributed by atoms with Crippen molar-refractivity contribution >= 4 is 11.9 Å². The van der Waals surface area contributed by atoms with Gasteiger partial charge in [0.25, 0.3) is 0 Å². The highest BCUT2D eigenvalue weighted by atomic mass is 16.5. The van der Waals surface area contributed by atoms with E-state index in [1.165, 1.54) is 270 Å². The molecule has 0 fully saturated rings. The van der Waals surface area contributed by atoms with Crippen molar-refractivity contribution in [3.05, 3.63) is 24.3 Å². The standard InChI is InChI=1S/C64H123NO5/c1-3-5-7-9-11-13-15-16-17-18-24-28-31-34-38-42-46-50-54-58-64(69)70-59-55-51-47-43-39-35-32-29-26-23-21-19-20-22-25-27-30-33-37-41-45-49-53-57-63(68)65-61(60-66)62(67)56-52-48-44-40-36-14-12-10-8-6-4-2/h16-17,22,25,61-62,66-67H,3-15,18-21,23-24,26-60H2,1-2H3,(H,65,68)/b17-16-,25-22-. The third kappa shape index (κ3) is 55.7. The lowest BCUT2D eigenvalue weighted by Gasteiger charge is -2.22. The molecule has 0 radical (unpaired) electrons. The molecule has 6 heteroatoms. The Kier molecular flexibility index (Phi) is 58.5. The summed E-state index contributed by atoms with van der Waals surface area (Å²) in [6.45, 7) is 4.95. The fourth-order valence-corrected chi connectivity index (χ4v) is 9.87. The van der Waals surface area contributed by atoms with Crippen LogP contribution >= 0.6 is 0 Å². The summed E-state index contributed by atoms with van der Waals surface area (Å²) in [5.41, 5.74) is 0. The Morgan fingerprint density at radius 2 is 0.671 bits per heavy atom. The van der Waals surface area contributed by atoms with Gasteiger partial charge in [0.1, 0.15) is 0 Å². The molecule has 2 unspecified atom stereocenters. The molecule has 0 heterocycles. The molecule has 0 aromatic carbocycles. The number of hydrogen-bond donors (Lipinski definition) is 3. The van der Waals surface area contributed by atoms with Crippen LogP contribution in [0.5, 0.6) is 0 Å². The largest absolute Gasteiger partial charge is 0.466 e. The van der Waals surface area contributed by atoms with Gasteiger partial charge >= 0.3 is 5.97 Å². The lowest BCUT2D eigenvalue weighted by atomic mass is 10.0. The summed E-state index contributed by atoms with van der Waals surface area (Å²) >= 11 is 0. The van der Waals surface area contributed by atoms with E-state index in [2.05, 4.69) is 43.5 Å². The highest BCUT2D eigenvalue weighted by Gasteiger charge is 2.20. The van der Waals surface area contributed by atoms with Gasteiger partial charge in [0.2, 0.25) is 5.91 Å².